The third kappa shape index (κ3) is 4.00. The van der Waals surface area contributed by atoms with Gasteiger partial charge < -0.3 is 9.72 Å². The van der Waals surface area contributed by atoms with E-state index in [1.54, 1.807) is 13.3 Å². The lowest BCUT2D eigenvalue weighted by molar-refractivity contribution is 0.318. The molecule has 0 bridgehead atoms. The van der Waals surface area contributed by atoms with E-state index < -0.39 is 0 Å². The van der Waals surface area contributed by atoms with Crippen LogP contribution in [-0.4, -0.2) is 44.8 Å². The van der Waals surface area contributed by atoms with E-state index in [-0.39, 0.29) is 11.5 Å². The number of nitrogens with one attached hydrogen (secondary N) is 1. The highest BCUT2D eigenvalue weighted by Gasteiger charge is 2.33. The first-order chi connectivity index (χ1) is 15.0. The Balaban J connectivity index is 1.39. The third-order valence-electron chi connectivity index (χ3n) is 6.81. The van der Waals surface area contributed by atoms with Crippen molar-refractivity contribution in [3.8, 4) is 5.75 Å². The van der Waals surface area contributed by atoms with Crippen LogP contribution in [0.15, 0.2) is 29.2 Å². The predicted octanol–water partition coefficient (Wildman–Crippen LogP) is 4.08. The molecule has 1 aliphatic carbocycles. The summed E-state index contributed by atoms with van der Waals surface area (Å²) in [5.74, 6) is 2.34. The molecule has 5 rings (SSSR count). The normalized spacial score (nSPS) is 22.5. The van der Waals surface area contributed by atoms with Gasteiger partial charge in [0, 0.05) is 25.6 Å². The lowest BCUT2D eigenvalue weighted by Crippen LogP contribution is -2.21. The summed E-state index contributed by atoms with van der Waals surface area (Å²) < 4.78 is 8.50. The molecular formula is C23H28IN5O2. The summed E-state index contributed by atoms with van der Waals surface area (Å²) in [6.07, 6.45) is 6.37. The van der Waals surface area contributed by atoms with Crippen LogP contribution in [0.2, 0.25) is 0 Å². The topological polar surface area (TPSA) is 76.0 Å². The van der Waals surface area contributed by atoms with E-state index in [1.807, 2.05) is 10.7 Å². The highest BCUT2D eigenvalue weighted by Crippen LogP contribution is 2.34. The summed E-state index contributed by atoms with van der Waals surface area (Å²) in [6.45, 7) is 5.00. The average molecular weight is 533 g/mol. The highest BCUT2D eigenvalue weighted by molar-refractivity contribution is 14.1. The average Bonchev–Trinajstić information content (AvgIpc) is 3.47. The molecule has 0 spiro atoms. The summed E-state index contributed by atoms with van der Waals surface area (Å²) >= 11 is 2.32. The van der Waals surface area contributed by atoms with Crippen molar-refractivity contribution in [2.45, 2.75) is 51.1 Å². The maximum absolute atomic E-state index is 12.8. The van der Waals surface area contributed by atoms with Gasteiger partial charge in [0.1, 0.15) is 17.0 Å². The van der Waals surface area contributed by atoms with Crippen molar-refractivity contribution < 1.29 is 4.74 Å². The van der Waals surface area contributed by atoms with E-state index in [9.17, 15) is 4.79 Å². The number of H-pyrrole nitrogens is 1. The minimum absolute atomic E-state index is 0.0698. The molecule has 2 fully saturated rings. The number of methoxy groups -OCH3 is 1. The first-order valence-electron chi connectivity index (χ1n) is 11.1. The maximum Gasteiger partial charge on any atom is 0.262 e. The number of halogens is 1. The highest BCUT2D eigenvalue weighted by atomic mass is 127. The minimum atomic E-state index is -0.0698. The Kier molecular flexibility index (Phi) is 5.76. The fourth-order valence-corrected chi connectivity index (χ4v) is 5.96. The van der Waals surface area contributed by atoms with Crippen molar-refractivity contribution in [2.75, 3.05) is 20.2 Å². The first kappa shape index (κ1) is 20.9. The van der Waals surface area contributed by atoms with Crippen LogP contribution in [0.25, 0.3) is 11.0 Å². The van der Waals surface area contributed by atoms with Crippen molar-refractivity contribution in [3.05, 3.63) is 49.7 Å². The third-order valence-corrected chi connectivity index (χ3v) is 7.66. The molecule has 2 atom stereocenters. The van der Waals surface area contributed by atoms with Gasteiger partial charge >= 0.3 is 0 Å². The Morgan fingerprint density at radius 1 is 1.26 bits per heavy atom. The molecule has 1 saturated carbocycles. The molecule has 7 nitrogen and oxygen atoms in total. The summed E-state index contributed by atoms with van der Waals surface area (Å²) in [5, 5.41) is 5.13. The zero-order chi connectivity index (χ0) is 21.5. The largest absolute Gasteiger partial charge is 0.496 e. The molecule has 3 aromatic rings. The van der Waals surface area contributed by atoms with Gasteiger partial charge in [-0.15, -0.1) is 0 Å². The Morgan fingerprint density at radius 3 is 2.81 bits per heavy atom. The Hall–Kier alpha value is -1.94. The predicted molar refractivity (Wildman–Crippen MR) is 129 cm³/mol. The number of aromatic amines is 1. The fourth-order valence-electron chi connectivity index (χ4n) is 5.16. The van der Waals surface area contributed by atoms with E-state index in [2.05, 4.69) is 56.6 Å². The van der Waals surface area contributed by atoms with Gasteiger partial charge in [0.05, 0.1) is 22.9 Å². The summed E-state index contributed by atoms with van der Waals surface area (Å²) in [4.78, 5) is 23.3. The van der Waals surface area contributed by atoms with Gasteiger partial charge in [-0.25, -0.2) is 9.67 Å². The number of likely N-dealkylation sites (tertiary alicyclic amines) is 1. The first-order valence-corrected chi connectivity index (χ1v) is 12.1. The number of aromatic nitrogens is 4. The van der Waals surface area contributed by atoms with E-state index in [4.69, 9.17) is 9.72 Å². The second kappa shape index (κ2) is 8.54. The molecule has 2 aliphatic rings. The van der Waals surface area contributed by atoms with Gasteiger partial charge in [0.25, 0.3) is 5.56 Å². The van der Waals surface area contributed by atoms with Gasteiger partial charge in [0.15, 0.2) is 5.65 Å². The molecule has 0 radical (unpaired) electrons. The number of hydrogen-bond acceptors (Lipinski definition) is 5. The molecule has 1 aromatic carbocycles. The number of benzene rings is 1. The zero-order valence-electron chi connectivity index (χ0n) is 18.0. The number of fused-ring (bicyclic) bond motifs is 1. The van der Waals surface area contributed by atoms with E-state index in [0.717, 1.165) is 53.3 Å². The molecule has 164 valence electrons. The van der Waals surface area contributed by atoms with Gasteiger partial charge in [-0.3, -0.25) is 9.69 Å². The second-order valence-corrected chi connectivity index (χ2v) is 10.1. The summed E-state index contributed by atoms with van der Waals surface area (Å²) in [5.41, 5.74) is 1.95. The van der Waals surface area contributed by atoms with Gasteiger partial charge in [-0.2, -0.15) is 5.10 Å². The van der Waals surface area contributed by atoms with Crippen molar-refractivity contribution in [2.24, 2.45) is 5.92 Å². The van der Waals surface area contributed by atoms with Gasteiger partial charge in [-0.1, -0.05) is 25.8 Å². The lowest BCUT2D eigenvalue weighted by atomic mass is 9.97. The van der Waals surface area contributed by atoms with Crippen LogP contribution in [0.5, 0.6) is 5.75 Å². The number of ether oxygens (including phenoxy) is 1. The summed E-state index contributed by atoms with van der Waals surface area (Å²) in [7, 11) is 1.70. The van der Waals surface area contributed by atoms with Crippen LogP contribution in [0.4, 0.5) is 0 Å². The fraction of sp³-hybridized carbons (Fsp3) is 0.522. The van der Waals surface area contributed by atoms with Crippen molar-refractivity contribution in [3.63, 3.8) is 0 Å². The Bertz CT molecular complexity index is 1150. The number of rotatable bonds is 5. The van der Waals surface area contributed by atoms with Gasteiger partial charge in [-0.05, 0) is 59.0 Å². The Morgan fingerprint density at radius 2 is 2.06 bits per heavy atom. The maximum atomic E-state index is 12.8. The smallest absolute Gasteiger partial charge is 0.262 e. The van der Waals surface area contributed by atoms with Crippen LogP contribution in [0.3, 0.4) is 0 Å². The van der Waals surface area contributed by atoms with E-state index in [0.29, 0.717) is 17.3 Å². The van der Waals surface area contributed by atoms with Crippen molar-refractivity contribution in [1.82, 2.24) is 24.6 Å². The second-order valence-electron chi connectivity index (χ2n) is 8.96. The molecule has 1 saturated heterocycles. The monoisotopic (exact) mass is 533 g/mol. The van der Waals surface area contributed by atoms with E-state index >= 15 is 0 Å². The molecule has 2 aromatic heterocycles. The summed E-state index contributed by atoms with van der Waals surface area (Å²) in [6, 6.07) is 6.72. The Labute approximate surface area is 195 Å². The lowest BCUT2D eigenvalue weighted by Gasteiger charge is -2.17. The van der Waals surface area contributed by atoms with Crippen molar-refractivity contribution in [1.29, 1.82) is 0 Å². The molecular weight excluding hydrogens is 505 g/mol. The van der Waals surface area contributed by atoms with Crippen molar-refractivity contribution >= 4 is 33.6 Å². The number of nitrogens with zero attached hydrogens (tertiary/aromatic N) is 4. The molecule has 0 amide bonds. The van der Waals surface area contributed by atoms with Gasteiger partial charge in [0.2, 0.25) is 0 Å². The standard InChI is InChI=1S/C23H28IN5O2/c1-14-11-28(12-15-7-8-20(31-2)19(24)9-15)13-18(14)21-26-22-17(23(30)27-21)10-25-29(22)16-5-3-4-6-16/h7-10,14,16,18H,3-6,11-13H2,1-2H3,(H,26,27,30)/t14-,18-/m1/s1. The molecule has 3 heterocycles. The quantitative estimate of drug-likeness (QED) is 0.501. The van der Waals surface area contributed by atoms with Crippen LogP contribution in [-0.2, 0) is 6.54 Å². The van der Waals surface area contributed by atoms with Crippen LogP contribution in [0, 0.1) is 9.49 Å². The molecule has 8 heteroatoms. The van der Waals surface area contributed by atoms with E-state index in [1.165, 1.54) is 18.4 Å². The minimum Gasteiger partial charge on any atom is -0.496 e. The van der Waals surface area contributed by atoms with Crippen LogP contribution in [0.1, 0.15) is 56.0 Å². The molecule has 1 N–H and O–H groups in total. The van der Waals surface area contributed by atoms with Crippen LogP contribution >= 0.6 is 22.6 Å². The molecule has 0 unspecified atom stereocenters. The zero-order valence-corrected chi connectivity index (χ0v) is 20.1. The number of hydrogen-bond donors (Lipinski definition) is 1. The van der Waals surface area contributed by atoms with Crippen LogP contribution < -0.4 is 10.3 Å². The SMILES string of the molecule is COc1ccc(CN2C[C@@H](C)[C@H](c3nc4c(cnn4C4CCCC4)c(=O)[nH]3)C2)cc1I. The molecule has 1 aliphatic heterocycles. The molecule has 31 heavy (non-hydrogen) atoms.